The van der Waals surface area contributed by atoms with Crippen LogP contribution in [-0.4, -0.2) is 29.2 Å². The lowest BCUT2D eigenvalue weighted by Crippen LogP contribution is -2.30. The number of pyridine rings is 1. The Morgan fingerprint density at radius 2 is 2.16 bits per heavy atom. The predicted octanol–water partition coefficient (Wildman–Crippen LogP) is 3.43. The van der Waals surface area contributed by atoms with Gasteiger partial charge in [0.2, 0.25) is 0 Å². The second kappa shape index (κ2) is 7.70. The number of hydrogen-bond donors (Lipinski definition) is 2. The van der Waals surface area contributed by atoms with Crippen molar-refractivity contribution in [3.05, 3.63) is 54.4 Å². The van der Waals surface area contributed by atoms with Gasteiger partial charge in [-0.25, -0.2) is 9.78 Å². The van der Waals surface area contributed by atoms with Crippen molar-refractivity contribution in [2.45, 2.75) is 19.9 Å². The topological polar surface area (TPSA) is 68.2 Å². The Morgan fingerprint density at radius 3 is 2.96 bits per heavy atom. The molecular formula is C19H22N4O2. The number of anilines is 1. The van der Waals surface area contributed by atoms with E-state index in [1.54, 1.807) is 19.4 Å². The van der Waals surface area contributed by atoms with Gasteiger partial charge in [-0.1, -0.05) is 6.07 Å². The number of methoxy groups -OCH3 is 1. The summed E-state index contributed by atoms with van der Waals surface area (Å²) in [5.41, 5.74) is 2.87. The van der Waals surface area contributed by atoms with Gasteiger partial charge < -0.3 is 19.9 Å². The van der Waals surface area contributed by atoms with Gasteiger partial charge in [0.05, 0.1) is 7.11 Å². The van der Waals surface area contributed by atoms with Crippen molar-refractivity contribution in [2.24, 2.45) is 0 Å². The first-order chi connectivity index (χ1) is 12.2. The molecule has 0 saturated carbocycles. The second-order valence-electron chi connectivity index (χ2n) is 5.68. The number of benzene rings is 1. The van der Waals surface area contributed by atoms with Gasteiger partial charge in [-0.15, -0.1) is 0 Å². The number of fused-ring (bicyclic) bond motifs is 1. The zero-order valence-corrected chi connectivity index (χ0v) is 14.5. The molecule has 0 spiro atoms. The van der Waals surface area contributed by atoms with E-state index < -0.39 is 0 Å². The van der Waals surface area contributed by atoms with Crippen LogP contribution in [0.4, 0.5) is 10.5 Å². The molecule has 3 aromatic rings. The number of aryl methyl sites for hydroxylation is 1. The minimum absolute atomic E-state index is 0.231. The van der Waals surface area contributed by atoms with Gasteiger partial charge in [0.1, 0.15) is 11.4 Å². The van der Waals surface area contributed by atoms with E-state index in [2.05, 4.69) is 39.4 Å². The van der Waals surface area contributed by atoms with Crippen molar-refractivity contribution in [3.8, 4) is 5.75 Å². The summed E-state index contributed by atoms with van der Waals surface area (Å²) < 4.78 is 7.28. The molecule has 0 saturated heterocycles. The van der Waals surface area contributed by atoms with E-state index in [-0.39, 0.29) is 6.03 Å². The molecule has 1 aromatic carbocycles. The smallest absolute Gasteiger partial charge is 0.319 e. The third kappa shape index (κ3) is 3.91. The van der Waals surface area contributed by atoms with E-state index in [1.807, 2.05) is 24.3 Å². The first-order valence-electron chi connectivity index (χ1n) is 8.33. The van der Waals surface area contributed by atoms with Crippen molar-refractivity contribution in [1.29, 1.82) is 0 Å². The first-order valence-corrected chi connectivity index (χ1v) is 8.33. The van der Waals surface area contributed by atoms with Crippen LogP contribution < -0.4 is 15.4 Å². The molecule has 2 N–H and O–H groups in total. The van der Waals surface area contributed by atoms with E-state index in [0.29, 0.717) is 18.0 Å². The number of amides is 2. The number of carbonyl (C=O) groups excluding carboxylic acids is 1. The SMILES string of the molecule is CCn1cc(CCNC(=O)Nc2cccc(OC)c2)c2cccnc21. The van der Waals surface area contributed by atoms with Gasteiger partial charge in [0, 0.05) is 42.6 Å². The summed E-state index contributed by atoms with van der Waals surface area (Å²) in [4.78, 5) is 16.5. The van der Waals surface area contributed by atoms with E-state index in [9.17, 15) is 4.79 Å². The van der Waals surface area contributed by atoms with Crippen LogP contribution >= 0.6 is 0 Å². The fourth-order valence-electron chi connectivity index (χ4n) is 2.82. The number of aromatic nitrogens is 2. The number of urea groups is 1. The Morgan fingerprint density at radius 1 is 1.28 bits per heavy atom. The largest absolute Gasteiger partial charge is 0.497 e. The highest BCUT2D eigenvalue weighted by molar-refractivity contribution is 5.89. The second-order valence-corrected chi connectivity index (χ2v) is 5.68. The van der Waals surface area contributed by atoms with Gasteiger partial charge in [-0.2, -0.15) is 0 Å². The lowest BCUT2D eigenvalue weighted by molar-refractivity contribution is 0.252. The Bertz CT molecular complexity index is 873. The van der Waals surface area contributed by atoms with E-state index in [1.165, 1.54) is 5.56 Å². The molecule has 0 aliphatic rings. The van der Waals surface area contributed by atoms with Gasteiger partial charge in [0.25, 0.3) is 0 Å². The summed E-state index contributed by atoms with van der Waals surface area (Å²) >= 11 is 0. The molecule has 0 atom stereocenters. The molecule has 0 fully saturated rings. The maximum atomic E-state index is 12.0. The zero-order valence-electron chi connectivity index (χ0n) is 14.5. The Kier molecular flexibility index (Phi) is 5.18. The molecule has 130 valence electrons. The summed E-state index contributed by atoms with van der Waals surface area (Å²) in [6.07, 6.45) is 4.66. The minimum atomic E-state index is -0.231. The highest BCUT2D eigenvalue weighted by Crippen LogP contribution is 2.19. The third-order valence-corrected chi connectivity index (χ3v) is 4.06. The van der Waals surface area contributed by atoms with Crippen LogP contribution in [0.15, 0.2) is 48.8 Å². The average molecular weight is 338 g/mol. The molecule has 2 heterocycles. The van der Waals surface area contributed by atoms with Crippen molar-refractivity contribution >= 4 is 22.8 Å². The quantitative estimate of drug-likeness (QED) is 0.723. The number of nitrogens with one attached hydrogen (secondary N) is 2. The molecule has 0 unspecified atom stereocenters. The highest BCUT2D eigenvalue weighted by atomic mass is 16.5. The number of rotatable bonds is 6. The van der Waals surface area contributed by atoms with Crippen LogP contribution in [0, 0.1) is 0 Å². The number of nitrogens with zero attached hydrogens (tertiary/aromatic N) is 2. The van der Waals surface area contributed by atoms with Crippen molar-refractivity contribution in [2.75, 3.05) is 19.0 Å². The van der Waals surface area contributed by atoms with Crippen LogP contribution in [-0.2, 0) is 13.0 Å². The first kappa shape index (κ1) is 16.8. The predicted molar refractivity (Wildman–Crippen MR) is 99.1 cm³/mol. The van der Waals surface area contributed by atoms with Gasteiger partial charge in [-0.3, -0.25) is 0 Å². The molecule has 0 aliphatic heterocycles. The van der Waals surface area contributed by atoms with Crippen LogP contribution in [0.1, 0.15) is 12.5 Å². The van der Waals surface area contributed by atoms with E-state index in [4.69, 9.17) is 4.74 Å². The molecule has 0 radical (unpaired) electrons. The fraction of sp³-hybridized carbons (Fsp3) is 0.263. The lowest BCUT2D eigenvalue weighted by Gasteiger charge is -2.08. The summed E-state index contributed by atoms with van der Waals surface area (Å²) in [6, 6.07) is 11.0. The molecule has 6 nitrogen and oxygen atoms in total. The van der Waals surface area contributed by atoms with Crippen LogP contribution in [0.3, 0.4) is 0 Å². The third-order valence-electron chi connectivity index (χ3n) is 4.06. The number of carbonyl (C=O) groups is 1. The lowest BCUT2D eigenvalue weighted by atomic mass is 10.1. The Hall–Kier alpha value is -3.02. The molecule has 6 heteroatoms. The summed E-state index contributed by atoms with van der Waals surface area (Å²) in [5.74, 6) is 0.706. The van der Waals surface area contributed by atoms with Crippen LogP contribution in [0.2, 0.25) is 0 Å². The minimum Gasteiger partial charge on any atom is -0.497 e. The zero-order chi connectivity index (χ0) is 17.6. The van der Waals surface area contributed by atoms with Crippen molar-refractivity contribution in [1.82, 2.24) is 14.9 Å². The average Bonchev–Trinajstić information content (AvgIpc) is 3.00. The molecule has 25 heavy (non-hydrogen) atoms. The molecular weight excluding hydrogens is 316 g/mol. The van der Waals surface area contributed by atoms with Gasteiger partial charge in [0.15, 0.2) is 0 Å². The Balaban J connectivity index is 1.58. The maximum Gasteiger partial charge on any atom is 0.319 e. The van der Waals surface area contributed by atoms with Crippen molar-refractivity contribution in [3.63, 3.8) is 0 Å². The van der Waals surface area contributed by atoms with Crippen LogP contribution in [0.25, 0.3) is 11.0 Å². The monoisotopic (exact) mass is 338 g/mol. The summed E-state index contributed by atoms with van der Waals surface area (Å²) in [5, 5.41) is 6.84. The van der Waals surface area contributed by atoms with Gasteiger partial charge in [-0.05, 0) is 43.2 Å². The summed E-state index contributed by atoms with van der Waals surface area (Å²) in [7, 11) is 1.60. The maximum absolute atomic E-state index is 12.0. The molecule has 2 amide bonds. The molecule has 2 aromatic heterocycles. The fourth-order valence-corrected chi connectivity index (χ4v) is 2.82. The normalized spacial score (nSPS) is 10.6. The molecule has 0 bridgehead atoms. The number of hydrogen-bond acceptors (Lipinski definition) is 3. The van der Waals surface area contributed by atoms with Crippen molar-refractivity contribution < 1.29 is 9.53 Å². The van der Waals surface area contributed by atoms with Gasteiger partial charge >= 0.3 is 6.03 Å². The molecule has 0 aliphatic carbocycles. The standard InChI is InChI=1S/C19H22N4O2/c1-3-23-13-14(17-8-5-10-20-18(17)23)9-11-21-19(24)22-15-6-4-7-16(12-15)25-2/h4-8,10,12-13H,3,9,11H2,1-2H3,(H2,21,22,24). The number of ether oxygens (including phenoxy) is 1. The van der Waals surface area contributed by atoms with Crippen LogP contribution in [0.5, 0.6) is 5.75 Å². The van der Waals surface area contributed by atoms with E-state index >= 15 is 0 Å². The summed E-state index contributed by atoms with van der Waals surface area (Å²) in [6.45, 7) is 3.52. The Labute approximate surface area is 146 Å². The van der Waals surface area contributed by atoms with E-state index in [0.717, 1.165) is 24.0 Å². The highest BCUT2D eigenvalue weighted by Gasteiger charge is 2.09. The molecule has 3 rings (SSSR count).